The topological polar surface area (TPSA) is 20.2 Å². The lowest BCUT2D eigenvalue weighted by Crippen LogP contribution is -2.04. The second-order valence-corrected chi connectivity index (χ2v) is 4.45. The molecule has 0 aliphatic heterocycles. The number of aliphatic hydroxyl groups is 1. The normalized spacial score (nSPS) is 19.2. The van der Waals surface area contributed by atoms with Crippen molar-refractivity contribution in [2.75, 3.05) is 0 Å². The fourth-order valence-electron chi connectivity index (χ4n) is 1.25. The first-order valence-corrected chi connectivity index (χ1v) is 4.97. The van der Waals surface area contributed by atoms with E-state index >= 15 is 0 Å². The van der Waals surface area contributed by atoms with Crippen LogP contribution < -0.4 is 0 Å². The van der Waals surface area contributed by atoms with Gasteiger partial charge in [0, 0.05) is 9.50 Å². The average molecular weight is 248 g/mol. The van der Waals surface area contributed by atoms with Gasteiger partial charge in [-0.3, -0.25) is 0 Å². The Balaban J connectivity index is 2.45. The van der Waals surface area contributed by atoms with E-state index in [1.165, 1.54) is 0 Å². The van der Waals surface area contributed by atoms with Gasteiger partial charge in [-0.1, -0.05) is 33.6 Å². The lowest BCUT2D eigenvalue weighted by atomic mass is 10.1. The molecule has 12 heavy (non-hydrogen) atoms. The first kappa shape index (κ1) is 8.54. The molecule has 3 heteroatoms. The number of hydrogen-bond donors (Lipinski definition) is 1. The van der Waals surface area contributed by atoms with Crippen LogP contribution >= 0.6 is 27.5 Å². The van der Waals surface area contributed by atoms with Crippen LogP contribution in [0.15, 0.2) is 22.7 Å². The van der Waals surface area contributed by atoms with Crippen molar-refractivity contribution < 1.29 is 5.11 Å². The molecular weight excluding hydrogens is 239 g/mol. The molecule has 0 radical (unpaired) electrons. The lowest BCUT2D eigenvalue weighted by Gasteiger charge is -2.09. The molecule has 1 N–H and O–H groups in total. The van der Waals surface area contributed by atoms with Gasteiger partial charge >= 0.3 is 0 Å². The summed E-state index contributed by atoms with van der Waals surface area (Å²) in [6.07, 6.45) is 1.71. The number of halogens is 2. The van der Waals surface area contributed by atoms with E-state index in [1.807, 2.05) is 12.1 Å². The average Bonchev–Trinajstić information content (AvgIpc) is 2.68. The Kier molecular flexibility index (Phi) is 1.94. The van der Waals surface area contributed by atoms with Crippen LogP contribution in [0.3, 0.4) is 0 Å². The maximum atomic E-state index is 9.80. The molecule has 1 aromatic rings. The van der Waals surface area contributed by atoms with Gasteiger partial charge in [0.2, 0.25) is 0 Å². The highest BCUT2D eigenvalue weighted by molar-refractivity contribution is 9.10. The van der Waals surface area contributed by atoms with Gasteiger partial charge in [-0.25, -0.2) is 0 Å². The minimum Gasteiger partial charge on any atom is -0.385 e. The molecule has 2 rings (SSSR count). The zero-order valence-corrected chi connectivity index (χ0v) is 8.69. The van der Waals surface area contributed by atoms with Crippen molar-refractivity contribution in [3.63, 3.8) is 0 Å². The van der Waals surface area contributed by atoms with Gasteiger partial charge in [0.15, 0.2) is 0 Å². The minimum atomic E-state index is -0.580. The molecule has 1 nitrogen and oxygen atoms in total. The van der Waals surface area contributed by atoms with E-state index in [-0.39, 0.29) is 0 Å². The predicted molar refractivity (Wildman–Crippen MR) is 52.3 cm³/mol. The Bertz CT molecular complexity index is 320. The third kappa shape index (κ3) is 1.39. The van der Waals surface area contributed by atoms with Gasteiger partial charge in [-0.05, 0) is 30.5 Å². The lowest BCUT2D eigenvalue weighted by molar-refractivity contribution is 0.150. The van der Waals surface area contributed by atoms with Crippen LogP contribution in [-0.2, 0) is 5.60 Å². The second kappa shape index (κ2) is 2.72. The summed E-state index contributed by atoms with van der Waals surface area (Å²) in [5.41, 5.74) is 0.371. The second-order valence-electron chi connectivity index (χ2n) is 3.16. The quantitative estimate of drug-likeness (QED) is 0.808. The molecule has 0 spiro atoms. The van der Waals surface area contributed by atoms with E-state index < -0.39 is 5.60 Å². The van der Waals surface area contributed by atoms with Gasteiger partial charge in [0.1, 0.15) is 0 Å². The van der Waals surface area contributed by atoms with Gasteiger partial charge in [-0.15, -0.1) is 0 Å². The summed E-state index contributed by atoms with van der Waals surface area (Å²) in [5, 5.41) is 10.5. The Hall–Kier alpha value is -0.0500. The van der Waals surface area contributed by atoms with Gasteiger partial charge in [0.05, 0.1) is 5.60 Å². The van der Waals surface area contributed by atoms with E-state index in [9.17, 15) is 5.11 Å². The number of rotatable bonds is 1. The van der Waals surface area contributed by atoms with Crippen molar-refractivity contribution in [2.45, 2.75) is 18.4 Å². The van der Waals surface area contributed by atoms with Crippen LogP contribution in [0.2, 0.25) is 5.02 Å². The first-order valence-electron chi connectivity index (χ1n) is 3.80. The summed E-state index contributed by atoms with van der Waals surface area (Å²) in [6.45, 7) is 0. The summed E-state index contributed by atoms with van der Waals surface area (Å²) in [6, 6.07) is 5.49. The minimum absolute atomic E-state index is 0.580. The van der Waals surface area contributed by atoms with E-state index in [0.29, 0.717) is 5.02 Å². The molecule has 0 unspecified atom stereocenters. The van der Waals surface area contributed by atoms with Crippen LogP contribution in [0.4, 0.5) is 0 Å². The third-order valence-corrected chi connectivity index (χ3v) is 3.05. The molecule has 0 heterocycles. The van der Waals surface area contributed by atoms with E-state index in [1.54, 1.807) is 6.07 Å². The van der Waals surface area contributed by atoms with Gasteiger partial charge < -0.3 is 5.11 Å². The van der Waals surface area contributed by atoms with Crippen LogP contribution in [-0.4, -0.2) is 5.11 Å². The van der Waals surface area contributed by atoms with E-state index in [0.717, 1.165) is 22.9 Å². The molecule has 0 saturated heterocycles. The van der Waals surface area contributed by atoms with Crippen LogP contribution in [0, 0.1) is 0 Å². The molecule has 1 fully saturated rings. The summed E-state index contributed by atoms with van der Waals surface area (Å²) in [5.74, 6) is 0. The number of hydrogen-bond acceptors (Lipinski definition) is 1. The largest absolute Gasteiger partial charge is 0.385 e. The SMILES string of the molecule is OC1(c2ccc(Cl)cc2Br)CC1. The molecular formula is C9H8BrClO. The maximum absolute atomic E-state index is 9.80. The van der Waals surface area contributed by atoms with E-state index in [4.69, 9.17) is 11.6 Å². The molecule has 1 saturated carbocycles. The zero-order chi connectivity index (χ0) is 8.77. The fraction of sp³-hybridized carbons (Fsp3) is 0.333. The molecule has 0 bridgehead atoms. The molecule has 64 valence electrons. The highest BCUT2D eigenvalue weighted by atomic mass is 79.9. The Morgan fingerprint density at radius 1 is 1.42 bits per heavy atom. The molecule has 0 amide bonds. The van der Waals surface area contributed by atoms with Gasteiger partial charge in [0.25, 0.3) is 0 Å². The zero-order valence-electron chi connectivity index (χ0n) is 6.35. The van der Waals surface area contributed by atoms with Gasteiger partial charge in [-0.2, -0.15) is 0 Å². The summed E-state index contributed by atoms with van der Waals surface area (Å²) in [4.78, 5) is 0. The standard InChI is InChI=1S/C9H8BrClO/c10-8-5-6(11)1-2-7(8)9(12)3-4-9/h1-2,5,12H,3-4H2. The first-order chi connectivity index (χ1) is 5.62. The fourth-order valence-corrected chi connectivity index (χ4v) is 2.31. The van der Waals surface area contributed by atoms with E-state index in [2.05, 4.69) is 15.9 Å². The highest BCUT2D eigenvalue weighted by Crippen LogP contribution is 2.48. The Morgan fingerprint density at radius 3 is 2.58 bits per heavy atom. The third-order valence-electron chi connectivity index (χ3n) is 2.16. The molecule has 1 aliphatic carbocycles. The predicted octanol–water partition coefficient (Wildman–Crippen LogP) is 3.08. The Morgan fingerprint density at radius 2 is 2.08 bits per heavy atom. The maximum Gasteiger partial charge on any atom is 0.0909 e. The molecule has 0 aromatic heterocycles. The van der Waals surface area contributed by atoms with Crippen molar-refractivity contribution in [1.29, 1.82) is 0 Å². The smallest absolute Gasteiger partial charge is 0.0909 e. The summed E-state index contributed by atoms with van der Waals surface area (Å²) < 4.78 is 0.898. The van der Waals surface area contributed by atoms with Crippen LogP contribution in [0.25, 0.3) is 0 Å². The molecule has 1 aromatic carbocycles. The van der Waals surface area contributed by atoms with Crippen molar-refractivity contribution in [3.8, 4) is 0 Å². The molecule has 1 aliphatic rings. The van der Waals surface area contributed by atoms with Crippen LogP contribution in [0.5, 0.6) is 0 Å². The molecule has 0 atom stereocenters. The summed E-state index contributed by atoms with van der Waals surface area (Å²) in [7, 11) is 0. The van der Waals surface area contributed by atoms with Crippen LogP contribution in [0.1, 0.15) is 18.4 Å². The van der Waals surface area contributed by atoms with Crippen molar-refractivity contribution in [3.05, 3.63) is 33.3 Å². The summed E-state index contributed by atoms with van der Waals surface area (Å²) >= 11 is 9.15. The Labute approximate surface area is 84.5 Å². The number of benzene rings is 1. The van der Waals surface area contributed by atoms with Crippen molar-refractivity contribution >= 4 is 27.5 Å². The van der Waals surface area contributed by atoms with Crippen molar-refractivity contribution in [2.24, 2.45) is 0 Å². The van der Waals surface area contributed by atoms with Crippen molar-refractivity contribution in [1.82, 2.24) is 0 Å². The monoisotopic (exact) mass is 246 g/mol. The highest BCUT2D eigenvalue weighted by Gasteiger charge is 2.43.